The Labute approximate surface area is 240 Å². The largest absolute Gasteiger partial charge is 0.416 e. The van der Waals surface area contributed by atoms with Gasteiger partial charge in [-0.2, -0.15) is 26.3 Å². The molecule has 0 aromatic heterocycles. The van der Waals surface area contributed by atoms with Gasteiger partial charge >= 0.3 is 12.4 Å². The molecule has 4 rings (SSSR count). The minimum Gasteiger partial charge on any atom is -0.322 e. The van der Waals surface area contributed by atoms with E-state index in [0.717, 1.165) is 35.4 Å². The van der Waals surface area contributed by atoms with Crippen LogP contribution in [0, 0.1) is 6.92 Å². The molecule has 0 saturated heterocycles. The number of benzene rings is 4. The van der Waals surface area contributed by atoms with E-state index in [1.54, 1.807) is 36.4 Å². The fraction of sp³-hybridized carbons (Fsp3) is 0.133. The van der Waals surface area contributed by atoms with Gasteiger partial charge in [-0.15, -0.1) is 0 Å². The number of amides is 2. The van der Waals surface area contributed by atoms with Gasteiger partial charge in [0.25, 0.3) is 11.8 Å². The van der Waals surface area contributed by atoms with Crippen molar-refractivity contribution in [3.8, 4) is 0 Å². The van der Waals surface area contributed by atoms with E-state index >= 15 is 0 Å². The van der Waals surface area contributed by atoms with Crippen molar-refractivity contribution in [1.29, 1.82) is 0 Å². The van der Waals surface area contributed by atoms with Gasteiger partial charge in [0.2, 0.25) is 0 Å². The van der Waals surface area contributed by atoms with Crippen molar-refractivity contribution < 1.29 is 35.9 Å². The summed E-state index contributed by atoms with van der Waals surface area (Å²) in [4.78, 5) is 24.0. The monoisotopic (exact) mass is 636 g/mol. The van der Waals surface area contributed by atoms with Crippen LogP contribution in [0.4, 0.5) is 37.7 Å². The topological polar surface area (TPSA) is 58.2 Å². The van der Waals surface area contributed by atoms with Gasteiger partial charge in [-0.1, -0.05) is 57.9 Å². The van der Waals surface area contributed by atoms with Gasteiger partial charge < -0.3 is 10.6 Å². The Hall–Kier alpha value is -4.12. The lowest BCUT2D eigenvalue weighted by atomic mass is 10.1. The van der Waals surface area contributed by atoms with Crippen molar-refractivity contribution in [2.45, 2.75) is 24.6 Å². The van der Waals surface area contributed by atoms with Crippen LogP contribution < -0.4 is 10.6 Å². The number of hydrogen-bond acceptors (Lipinski definition) is 2. The van der Waals surface area contributed by atoms with Crippen LogP contribution in [-0.4, -0.2) is 11.8 Å². The summed E-state index contributed by atoms with van der Waals surface area (Å²) >= 11 is 3.28. The Kier molecular flexibility index (Phi) is 10.3. The molecule has 0 heterocycles. The maximum Gasteiger partial charge on any atom is 0.416 e. The molecule has 0 fully saturated rings. The summed E-state index contributed by atoms with van der Waals surface area (Å²) in [5.74, 6) is -0.884. The van der Waals surface area contributed by atoms with Gasteiger partial charge in [0, 0.05) is 27.8 Å². The summed E-state index contributed by atoms with van der Waals surface area (Å²) in [5, 5.41) is 5.52. The number of halogens is 7. The summed E-state index contributed by atoms with van der Waals surface area (Å²) in [5.41, 5.74) is 1.25. The third-order valence-corrected chi connectivity index (χ3v) is 6.17. The fourth-order valence-electron chi connectivity index (χ4n) is 3.54. The first kappa shape index (κ1) is 31.4. The van der Waals surface area contributed by atoms with Crippen molar-refractivity contribution in [2.75, 3.05) is 10.6 Å². The van der Waals surface area contributed by atoms with E-state index in [0.29, 0.717) is 16.5 Å². The summed E-state index contributed by atoms with van der Waals surface area (Å²) in [6.45, 7) is 1.83. The highest BCUT2D eigenvalue weighted by molar-refractivity contribution is 9.08. The van der Waals surface area contributed by atoms with Crippen LogP contribution in [0.3, 0.4) is 0 Å². The number of carbonyl (C=O) groups excluding carboxylic acids is 2. The average Bonchev–Trinajstić information content (AvgIpc) is 2.93. The van der Waals surface area contributed by atoms with Gasteiger partial charge in [0.05, 0.1) is 11.1 Å². The molecule has 4 aromatic rings. The molecule has 0 saturated carbocycles. The van der Waals surface area contributed by atoms with Crippen LogP contribution in [0.2, 0.25) is 0 Å². The van der Waals surface area contributed by atoms with E-state index in [2.05, 4.69) is 26.6 Å². The second-order valence-electron chi connectivity index (χ2n) is 8.77. The van der Waals surface area contributed by atoms with Gasteiger partial charge in [0.15, 0.2) is 0 Å². The molecule has 214 valence electrons. The summed E-state index contributed by atoms with van der Waals surface area (Å²) < 4.78 is 75.5. The minimum atomic E-state index is -4.43. The normalized spacial score (nSPS) is 11.2. The molecule has 0 bridgehead atoms. The number of anilines is 2. The molecule has 41 heavy (non-hydrogen) atoms. The predicted molar refractivity (Wildman–Crippen MR) is 149 cm³/mol. The second kappa shape index (κ2) is 13.5. The van der Waals surface area contributed by atoms with E-state index in [4.69, 9.17) is 0 Å². The zero-order valence-corrected chi connectivity index (χ0v) is 23.0. The third-order valence-electron chi connectivity index (χ3n) is 5.52. The van der Waals surface area contributed by atoms with Crippen LogP contribution in [-0.2, 0) is 17.7 Å². The zero-order valence-electron chi connectivity index (χ0n) is 21.4. The Morgan fingerprint density at radius 1 is 0.634 bits per heavy atom. The van der Waals surface area contributed by atoms with Crippen molar-refractivity contribution >= 4 is 39.1 Å². The molecule has 0 aliphatic rings. The molecule has 4 nitrogen and oxygen atoms in total. The lowest BCUT2D eigenvalue weighted by Gasteiger charge is -2.10. The minimum absolute atomic E-state index is 0.110. The van der Waals surface area contributed by atoms with Crippen molar-refractivity contribution in [3.05, 3.63) is 130 Å². The number of nitrogens with one attached hydrogen (secondary N) is 2. The fourth-order valence-corrected chi connectivity index (χ4v) is 3.88. The highest BCUT2D eigenvalue weighted by Gasteiger charge is 2.31. The lowest BCUT2D eigenvalue weighted by Crippen LogP contribution is -2.13. The molecule has 11 heteroatoms. The summed E-state index contributed by atoms with van der Waals surface area (Å²) in [6.07, 6.45) is -8.86. The zero-order chi connectivity index (χ0) is 30.2. The number of alkyl halides is 7. The molecule has 0 aliphatic heterocycles. The molecule has 2 N–H and O–H groups in total. The molecule has 0 aliphatic carbocycles. The third kappa shape index (κ3) is 9.49. The second-order valence-corrected chi connectivity index (χ2v) is 9.33. The van der Waals surface area contributed by atoms with Gasteiger partial charge in [-0.3, -0.25) is 9.59 Å². The highest BCUT2D eigenvalue weighted by Crippen LogP contribution is 2.31. The quantitative estimate of drug-likeness (QED) is 0.170. The van der Waals surface area contributed by atoms with Crippen molar-refractivity contribution in [2.24, 2.45) is 0 Å². The lowest BCUT2D eigenvalue weighted by molar-refractivity contribution is -0.138. The molecule has 0 unspecified atom stereocenters. The van der Waals surface area contributed by atoms with Crippen LogP contribution in [0.5, 0.6) is 0 Å². The SMILES string of the molecule is Cc1cccc(C(=O)Nc2cccc(C(F)(F)F)c2)c1.O=C(Nc1cccc(C(F)(F)F)c1)c1cccc(CBr)c1. The maximum absolute atomic E-state index is 12.6. The van der Waals surface area contributed by atoms with Gasteiger partial charge in [-0.05, 0) is 73.2 Å². The molecular weight excluding hydrogens is 614 g/mol. The molecule has 0 atom stereocenters. The highest BCUT2D eigenvalue weighted by atomic mass is 79.9. The number of hydrogen-bond donors (Lipinski definition) is 2. The van der Waals surface area contributed by atoms with E-state index in [1.807, 2.05) is 19.1 Å². The summed E-state index contributed by atoms with van der Waals surface area (Å²) in [6, 6.07) is 22.8. The molecular formula is C30H23BrF6N2O2. The smallest absolute Gasteiger partial charge is 0.322 e. The van der Waals surface area contributed by atoms with Gasteiger partial charge in [-0.25, -0.2) is 0 Å². The molecule has 0 radical (unpaired) electrons. The maximum atomic E-state index is 12.6. The van der Waals surface area contributed by atoms with E-state index in [1.165, 1.54) is 24.3 Å². The molecule has 0 spiro atoms. The first-order valence-electron chi connectivity index (χ1n) is 11.9. The van der Waals surface area contributed by atoms with Crippen molar-refractivity contribution in [1.82, 2.24) is 0 Å². The predicted octanol–water partition coefficient (Wildman–Crippen LogP) is 9.12. The van der Waals surface area contributed by atoms with Crippen LogP contribution in [0.25, 0.3) is 0 Å². The summed E-state index contributed by atoms with van der Waals surface area (Å²) in [7, 11) is 0. The Bertz CT molecular complexity index is 1520. The molecule has 2 amide bonds. The van der Waals surface area contributed by atoms with Gasteiger partial charge in [0.1, 0.15) is 0 Å². The van der Waals surface area contributed by atoms with Crippen LogP contribution >= 0.6 is 15.9 Å². The number of carbonyl (C=O) groups is 2. The molecule has 4 aromatic carbocycles. The first-order valence-corrected chi connectivity index (χ1v) is 13.1. The first-order chi connectivity index (χ1) is 19.3. The van der Waals surface area contributed by atoms with E-state index in [-0.39, 0.29) is 11.4 Å². The van der Waals surface area contributed by atoms with Crippen LogP contribution in [0.1, 0.15) is 43.0 Å². The Morgan fingerprint density at radius 3 is 1.51 bits per heavy atom. The van der Waals surface area contributed by atoms with Crippen molar-refractivity contribution in [3.63, 3.8) is 0 Å². The number of rotatable bonds is 5. The standard InChI is InChI=1S/C15H11BrF3NO.C15H12F3NO/c16-9-10-3-1-4-11(7-10)14(21)20-13-6-2-5-12(8-13)15(17,18)19;1-10-4-2-5-11(8-10)14(20)19-13-7-3-6-12(9-13)15(16,17)18/h1-8H,9H2,(H,20,21);2-9H,1H3,(H,19,20). The van der Waals surface area contributed by atoms with E-state index in [9.17, 15) is 35.9 Å². The Balaban J connectivity index is 0.000000226. The van der Waals surface area contributed by atoms with Crippen LogP contribution in [0.15, 0.2) is 97.1 Å². The van der Waals surface area contributed by atoms with E-state index < -0.39 is 35.3 Å². The Morgan fingerprint density at radius 2 is 1.07 bits per heavy atom. The average molecular weight is 637 g/mol. The number of aryl methyl sites for hydroxylation is 1.